The summed E-state index contributed by atoms with van der Waals surface area (Å²) in [6.45, 7) is 5.32. The first kappa shape index (κ1) is 15.4. The van der Waals surface area contributed by atoms with Crippen LogP contribution >= 0.6 is 12.2 Å². The smallest absolute Gasteiger partial charge is 0.221 e. The Labute approximate surface area is 119 Å². The second-order valence-corrected chi connectivity index (χ2v) is 4.88. The van der Waals surface area contributed by atoms with E-state index in [-0.39, 0.29) is 5.91 Å². The lowest BCUT2D eigenvalue weighted by Gasteiger charge is -2.12. The molecule has 5 heteroatoms. The topological polar surface area (TPSA) is 67.2 Å². The summed E-state index contributed by atoms with van der Waals surface area (Å²) in [5, 5.41) is 6.05. The van der Waals surface area contributed by atoms with Crippen LogP contribution in [0.25, 0.3) is 0 Å². The summed E-state index contributed by atoms with van der Waals surface area (Å²) in [5.74, 6) is 0.0545. The molecule has 4 nitrogen and oxygen atoms in total. The van der Waals surface area contributed by atoms with Crippen LogP contribution in [0.1, 0.15) is 30.9 Å². The molecule has 4 N–H and O–H groups in total. The zero-order valence-electron chi connectivity index (χ0n) is 11.5. The number of nitrogens with one attached hydrogen (secondary N) is 2. The van der Waals surface area contributed by atoms with E-state index >= 15 is 0 Å². The lowest BCUT2D eigenvalue weighted by atomic mass is 10.1. The van der Waals surface area contributed by atoms with E-state index in [1.165, 1.54) is 0 Å². The maximum absolute atomic E-state index is 11.5. The summed E-state index contributed by atoms with van der Waals surface area (Å²) in [6, 6.07) is 5.85. The van der Waals surface area contributed by atoms with Gasteiger partial charge in [-0.05, 0) is 31.0 Å². The number of nitrogens with two attached hydrogens (primary N) is 1. The minimum atomic E-state index is 0.0545. The van der Waals surface area contributed by atoms with E-state index in [1.807, 2.05) is 32.0 Å². The van der Waals surface area contributed by atoms with Gasteiger partial charge in [0.05, 0.1) is 0 Å². The zero-order chi connectivity index (χ0) is 14.3. The van der Waals surface area contributed by atoms with Crippen molar-refractivity contribution in [2.45, 2.75) is 26.7 Å². The zero-order valence-corrected chi connectivity index (χ0v) is 12.3. The van der Waals surface area contributed by atoms with E-state index in [0.29, 0.717) is 18.0 Å². The molecule has 1 rings (SSSR count). The molecule has 0 saturated heterocycles. The summed E-state index contributed by atoms with van der Waals surface area (Å²) < 4.78 is 0. The Morgan fingerprint density at radius 2 is 2.11 bits per heavy atom. The summed E-state index contributed by atoms with van der Waals surface area (Å²) in [6.07, 6.45) is 1.38. The first-order valence-corrected chi connectivity index (χ1v) is 6.86. The predicted molar refractivity (Wildman–Crippen MR) is 83.5 cm³/mol. The van der Waals surface area contributed by atoms with Gasteiger partial charge in [-0.25, -0.2) is 0 Å². The van der Waals surface area contributed by atoms with E-state index in [1.54, 1.807) is 0 Å². The van der Waals surface area contributed by atoms with Crippen molar-refractivity contribution < 1.29 is 4.79 Å². The van der Waals surface area contributed by atoms with Gasteiger partial charge < -0.3 is 16.4 Å². The highest BCUT2D eigenvalue weighted by Gasteiger charge is 2.06. The predicted octanol–water partition coefficient (Wildman–Crippen LogP) is 1.96. The summed E-state index contributed by atoms with van der Waals surface area (Å²) in [4.78, 5) is 11.8. The molecular weight excluding hydrogens is 258 g/mol. The Morgan fingerprint density at radius 3 is 2.74 bits per heavy atom. The lowest BCUT2D eigenvalue weighted by molar-refractivity contribution is -0.120. The van der Waals surface area contributed by atoms with Gasteiger partial charge in [0.15, 0.2) is 0 Å². The molecule has 0 unspecified atom stereocenters. The molecule has 0 fully saturated rings. The molecule has 0 aliphatic carbocycles. The number of amides is 1. The quantitative estimate of drug-likeness (QED) is 0.667. The van der Waals surface area contributed by atoms with Crippen LogP contribution in [0.2, 0.25) is 0 Å². The van der Waals surface area contributed by atoms with Gasteiger partial charge in [0.2, 0.25) is 5.91 Å². The number of anilines is 1. The normalized spacial score (nSPS) is 10.0. The van der Waals surface area contributed by atoms with Crippen LogP contribution in [-0.2, 0) is 4.79 Å². The van der Waals surface area contributed by atoms with Crippen LogP contribution in [0.5, 0.6) is 0 Å². The average molecular weight is 279 g/mol. The second kappa shape index (κ2) is 7.74. The third-order valence-corrected chi connectivity index (χ3v) is 2.90. The van der Waals surface area contributed by atoms with E-state index in [9.17, 15) is 4.79 Å². The number of carbonyl (C=O) groups is 1. The minimum Gasteiger partial charge on any atom is -0.389 e. The molecule has 0 spiro atoms. The first-order valence-electron chi connectivity index (χ1n) is 6.45. The number of hydrogen-bond donors (Lipinski definition) is 3. The Balaban J connectivity index is 2.55. The molecule has 0 bridgehead atoms. The summed E-state index contributed by atoms with van der Waals surface area (Å²) >= 11 is 5.01. The fourth-order valence-corrected chi connectivity index (χ4v) is 1.86. The van der Waals surface area contributed by atoms with Crippen molar-refractivity contribution in [1.82, 2.24) is 5.32 Å². The molecule has 0 atom stereocenters. The van der Waals surface area contributed by atoms with Crippen molar-refractivity contribution >= 4 is 28.8 Å². The number of hydrogen-bond acceptors (Lipinski definition) is 3. The van der Waals surface area contributed by atoms with Crippen LogP contribution in [0.4, 0.5) is 5.69 Å². The van der Waals surface area contributed by atoms with Gasteiger partial charge in [0.25, 0.3) is 0 Å². The van der Waals surface area contributed by atoms with Crippen molar-refractivity contribution in [3.05, 3.63) is 29.3 Å². The van der Waals surface area contributed by atoms with Crippen LogP contribution in [0.3, 0.4) is 0 Å². The van der Waals surface area contributed by atoms with Gasteiger partial charge in [-0.2, -0.15) is 0 Å². The number of rotatable bonds is 7. The Morgan fingerprint density at radius 1 is 1.37 bits per heavy atom. The largest absolute Gasteiger partial charge is 0.389 e. The lowest BCUT2D eigenvalue weighted by Crippen LogP contribution is -2.26. The van der Waals surface area contributed by atoms with Crippen LogP contribution in [0.15, 0.2) is 18.2 Å². The van der Waals surface area contributed by atoms with E-state index in [4.69, 9.17) is 18.0 Å². The molecule has 0 saturated carbocycles. The summed E-state index contributed by atoms with van der Waals surface area (Å²) in [7, 11) is 0. The number of carbonyl (C=O) groups excluding carboxylic acids is 1. The highest BCUT2D eigenvalue weighted by atomic mass is 32.1. The van der Waals surface area contributed by atoms with Gasteiger partial charge in [0.1, 0.15) is 4.99 Å². The molecule has 0 aliphatic heterocycles. The average Bonchev–Trinajstić information content (AvgIpc) is 2.36. The van der Waals surface area contributed by atoms with E-state index < -0.39 is 0 Å². The molecule has 19 heavy (non-hydrogen) atoms. The van der Waals surface area contributed by atoms with Gasteiger partial charge in [-0.1, -0.05) is 25.2 Å². The van der Waals surface area contributed by atoms with Crippen LogP contribution < -0.4 is 16.4 Å². The molecule has 0 aromatic heterocycles. The molecule has 0 radical (unpaired) electrons. The molecule has 1 aromatic carbocycles. The van der Waals surface area contributed by atoms with E-state index in [0.717, 1.165) is 29.8 Å². The van der Waals surface area contributed by atoms with Crippen LogP contribution in [0, 0.1) is 6.92 Å². The van der Waals surface area contributed by atoms with E-state index in [2.05, 4.69) is 10.6 Å². The Bertz CT molecular complexity index is 460. The Kier molecular flexibility index (Phi) is 6.29. The molecule has 1 aromatic rings. The number of aryl methyl sites for hydroxylation is 1. The standard InChI is InChI=1S/C14H21N3OS/c1-3-7-17-13(18)6-8-16-12-9-10(2)4-5-11(12)14(15)19/h4-5,9,16H,3,6-8H2,1-2H3,(H2,15,19)(H,17,18). The first-order chi connectivity index (χ1) is 9.04. The molecule has 1 amide bonds. The highest BCUT2D eigenvalue weighted by Crippen LogP contribution is 2.17. The van der Waals surface area contributed by atoms with Crippen molar-refractivity contribution in [3.8, 4) is 0 Å². The van der Waals surface area contributed by atoms with Gasteiger partial charge >= 0.3 is 0 Å². The number of benzene rings is 1. The summed E-state index contributed by atoms with van der Waals surface area (Å²) in [5.41, 5.74) is 8.50. The van der Waals surface area contributed by atoms with Gasteiger partial charge in [-0.15, -0.1) is 0 Å². The molecule has 104 valence electrons. The molecule has 0 aliphatic rings. The minimum absolute atomic E-state index is 0.0545. The van der Waals surface area contributed by atoms with Crippen molar-refractivity contribution in [3.63, 3.8) is 0 Å². The van der Waals surface area contributed by atoms with Gasteiger partial charge in [-0.3, -0.25) is 4.79 Å². The highest BCUT2D eigenvalue weighted by molar-refractivity contribution is 7.80. The van der Waals surface area contributed by atoms with Crippen molar-refractivity contribution in [1.29, 1.82) is 0 Å². The van der Waals surface area contributed by atoms with Crippen LogP contribution in [-0.4, -0.2) is 24.0 Å². The van der Waals surface area contributed by atoms with Gasteiger partial charge in [0, 0.05) is 30.8 Å². The second-order valence-electron chi connectivity index (χ2n) is 4.44. The maximum Gasteiger partial charge on any atom is 0.221 e. The third-order valence-electron chi connectivity index (χ3n) is 2.68. The molecular formula is C14H21N3OS. The Hall–Kier alpha value is -1.62. The SMILES string of the molecule is CCCNC(=O)CCNc1cc(C)ccc1C(N)=S. The third kappa shape index (κ3) is 5.26. The maximum atomic E-state index is 11.5. The molecule has 0 heterocycles. The fourth-order valence-electron chi connectivity index (χ4n) is 1.68. The van der Waals surface area contributed by atoms with Crippen molar-refractivity contribution in [2.24, 2.45) is 5.73 Å². The van der Waals surface area contributed by atoms with Crippen molar-refractivity contribution in [2.75, 3.05) is 18.4 Å². The number of thiocarbonyl (C=S) groups is 1. The fraction of sp³-hybridized carbons (Fsp3) is 0.429. The monoisotopic (exact) mass is 279 g/mol.